The van der Waals surface area contributed by atoms with Gasteiger partial charge in [-0.1, -0.05) is 0 Å². The average molecular weight is 222 g/mol. The Bertz CT molecular complexity index is 621. The summed E-state index contributed by atoms with van der Waals surface area (Å²) in [5.74, 6) is -1.42. The number of carbonyl (C=O) groups is 1. The van der Waals surface area contributed by atoms with Crippen molar-refractivity contribution in [2.24, 2.45) is 0 Å². The maximum atomic E-state index is 13.2. The van der Waals surface area contributed by atoms with Gasteiger partial charge in [0.15, 0.2) is 5.82 Å². The smallest absolute Gasteiger partial charge is 0.343 e. The molecule has 0 fully saturated rings. The molecule has 5 nitrogen and oxygen atoms in total. The maximum absolute atomic E-state index is 13.2. The van der Waals surface area contributed by atoms with Gasteiger partial charge in [0, 0.05) is 12.4 Å². The molecular weight excluding hydrogens is 215 g/mol. The summed E-state index contributed by atoms with van der Waals surface area (Å²) in [6.07, 6.45) is 3.30. The largest absolute Gasteiger partial charge is 0.465 e. The summed E-state index contributed by atoms with van der Waals surface area (Å²) in [5, 5.41) is 0.0166. The molecule has 0 saturated heterocycles. The lowest BCUT2D eigenvalue weighted by molar-refractivity contribution is 0.0599. The molecule has 2 aromatic rings. The number of rotatable bonds is 1. The van der Waals surface area contributed by atoms with Crippen LogP contribution in [0.3, 0.4) is 0 Å². The number of hydrogen-bond donors (Lipinski definition) is 1. The summed E-state index contributed by atoms with van der Waals surface area (Å²) in [5.41, 5.74) is -0.761. The van der Waals surface area contributed by atoms with Crippen LogP contribution < -0.4 is 5.43 Å². The van der Waals surface area contributed by atoms with Crippen LogP contribution in [-0.4, -0.2) is 23.0 Å². The molecule has 2 aromatic heterocycles. The van der Waals surface area contributed by atoms with Gasteiger partial charge in [-0.25, -0.2) is 9.18 Å². The highest BCUT2D eigenvalue weighted by Crippen LogP contribution is 2.10. The summed E-state index contributed by atoms with van der Waals surface area (Å²) in [7, 11) is 1.16. The summed E-state index contributed by atoms with van der Waals surface area (Å²) < 4.78 is 17.7. The van der Waals surface area contributed by atoms with Gasteiger partial charge in [-0.3, -0.25) is 9.78 Å². The molecule has 0 aliphatic carbocycles. The van der Waals surface area contributed by atoms with Gasteiger partial charge < -0.3 is 9.72 Å². The van der Waals surface area contributed by atoms with Gasteiger partial charge in [0.1, 0.15) is 5.56 Å². The Morgan fingerprint density at radius 3 is 2.94 bits per heavy atom. The molecule has 0 aliphatic rings. The van der Waals surface area contributed by atoms with E-state index in [4.69, 9.17) is 0 Å². The molecule has 6 heteroatoms. The molecule has 0 aromatic carbocycles. The molecule has 0 saturated carbocycles. The van der Waals surface area contributed by atoms with Crippen LogP contribution in [0.15, 0.2) is 23.4 Å². The minimum absolute atomic E-state index is 0.0166. The van der Waals surface area contributed by atoms with Gasteiger partial charge in [0.2, 0.25) is 5.43 Å². The molecular formula is C10H7FN2O3. The third kappa shape index (κ3) is 1.44. The number of halogens is 1. The SMILES string of the molecule is COC(=O)c1c[nH]c2c(F)cncc2c1=O. The summed E-state index contributed by atoms with van der Waals surface area (Å²) >= 11 is 0. The number of nitrogens with zero attached hydrogens (tertiary/aromatic N) is 1. The first kappa shape index (κ1) is 10.3. The van der Waals surface area contributed by atoms with Crippen LogP contribution in [0.1, 0.15) is 10.4 Å². The lowest BCUT2D eigenvalue weighted by Crippen LogP contribution is -2.17. The zero-order valence-corrected chi connectivity index (χ0v) is 8.28. The van der Waals surface area contributed by atoms with Crippen molar-refractivity contribution in [2.75, 3.05) is 7.11 Å². The van der Waals surface area contributed by atoms with Gasteiger partial charge in [0.05, 0.1) is 24.2 Å². The Morgan fingerprint density at radius 1 is 1.50 bits per heavy atom. The van der Waals surface area contributed by atoms with Crippen LogP contribution >= 0.6 is 0 Å². The van der Waals surface area contributed by atoms with Crippen LogP contribution in [0.4, 0.5) is 4.39 Å². The van der Waals surface area contributed by atoms with Crippen molar-refractivity contribution in [3.63, 3.8) is 0 Å². The zero-order valence-electron chi connectivity index (χ0n) is 8.28. The van der Waals surface area contributed by atoms with Crippen molar-refractivity contribution in [1.29, 1.82) is 0 Å². The van der Waals surface area contributed by atoms with Gasteiger partial charge in [0.25, 0.3) is 0 Å². The Labute approximate surface area is 88.9 Å². The van der Waals surface area contributed by atoms with Crippen molar-refractivity contribution < 1.29 is 13.9 Å². The van der Waals surface area contributed by atoms with Crippen LogP contribution in [0.25, 0.3) is 10.9 Å². The predicted octanol–water partition coefficient (Wildman–Crippen LogP) is 0.849. The number of H-pyrrole nitrogens is 1. The summed E-state index contributed by atoms with van der Waals surface area (Å²) in [4.78, 5) is 29.0. The van der Waals surface area contributed by atoms with Crippen LogP contribution in [0, 0.1) is 5.82 Å². The van der Waals surface area contributed by atoms with E-state index in [0.717, 1.165) is 19.5 Å². The van der Waals surface area contributed by atoms with Gasteiger partial charge >= 0.3 is 5.97 Å². The van der Waals surface area contributed by atoms with Gasteiger partial charge in [-0.15, -0.1) is 0 Å². The number of pyridine rings is 2. The predicted molar refractivity (Wildman–Crippen MR) is 53.7 cm³/mol. The molecule has 0 amide bonds. The van der Waals surface area contributed by atoms with Gasteiger partial charge in [-0.05, 0) is 0 Å². The fourth-order valence-electron chi connectivity index (χ4n) is 1.37. The molecule has 0 radical (unpaired) electrons. The van der Waals surface area contributed by atoms with E-state index in [1.807, 2.05) is 0 Å². The van der Waals surface area contributed by atoms with E-state index >= 15 is 0 Å². The van der Waals surface area contributed by atoms with Crippen molar-refractivity contribution in [3.05, 3.63) is 40.2 Å². The summed E-state index contributed by atoms with van der Waals surface area (Å²) in [6.45, 7) is 0. The van der Waals surface area contributed by atoms with E-state index in [0.29, 0.717) is 0 Å². The van der Waals surface area contributed by atoms with Gasteiger partial charge in [-0.2, -0.15) is 0 Å². The van der Waals surface area contributed by atoms with E-state index in [2.05, 4.69) is 14.7 Å². The highest BCUT2D eigenvalue weighted by molar-refractivity contribution is 5.93. The molecule has 0 aliphatic heterocycles. The molecule has 82 valence electrons. The molecule has 0 bridgehead atoms. The van der Waals surface area contributed by atoms with Crippen molar-refractivity contribution >= 4 is 16.9 Å². The summed E-state index contributed by atoms with van der Waals surface area (Å²) in [6, 6.07) is 0. The third-order valence-corrected chi connectivity index (χ3v) is 2.16. The van der Waals surface area contributed by atoms with E-state index in [1.54, 1.807) is 0 Å². The topological polar surface area (TPSA) is 72.1 Å². The third-order valence-electron chi connectivity index (χ3n) is 2.16. The van der Waals surface area contributed by atoms with E-state index in [9.17, 15) is 14.0 Å². The highest BCUT2D eigenvalue weighted by atomic mass is 19.1. The maximum Gasteiger partial charge on any atom is 0.343 e. The molecule has 1 N–H and O–H groups in total. The Hall–Kier alpha value is -2.24. The molecule has 2 rings (SSSR count). The normalized spacial score (nSPS) is 10.4. The minimum Gasteiger partial charge on any atom is -0.465 e. The fourth-order valence-corrected chi connectivity index (χ4v) is 1.37. The number of aromatic amines is 1. The van der Waals surface area contributed by atoms with E-state index < -0.39 is 17.2 Å². The Kier molecular flexibility index (Phi) is 2.40. The lowest BCUT2D eigenvalue weighted by atomic mass is 10.2. The van der Waals surface area contributed by atoms with E-state index in [1.165, 1.54) is 6.20 Å². The first-order valence-corrected chi connectivity index (χ1v) is 4.38. The first-order chi connectivity index (χ1) is 7.65. The molecule has 2 heterocycles. The number of hydrogen-bond acceptors (Lipinski definition) is 4. The second-order valence-electron chi connectivity index (χ2n) is 3.07. The number of nitrogens with one attached hydrogen (secondary N) is 1. The first-order valence-electron chi connectivity index (χ1n) is 4.38. The zero-order chi connectivity index (χ0) is 11.7. The number of ether oxygens (including phenoxy) is 1. The quantitative estimate of drug-likeness (QED) is 0.726. The number of methoxy groups -OCH3 is 1. The number of aromatic nitrogens is 2. The minimum atomic E-state index is -0.771. The standard InChI is InChI=1S/C10H7FN2O3/c1-16-10(15)6-3-13-8-5(9(6)14)2-12-4-7(8)11/h2-4H,1H3,(H,13,14). The van der Waals surface area contributed by atoms with Crippen LogP contribution in [0.2, 0.25) is 0 Å². The molecule has 0 spiro atoms. The second kappa shape index (κ2) is 3.73. The Balaban J connectivity index is 2.81. The number of esters is 1. The van der Waals surface area contributed by atoms with Crippen molar-refractivity contribution in [3.8, 4) is 0 Å². The van der Waals surface area contributed by atoms with Crippen molar-refractivity contribution in [1.82, 2.24) is 9.97 Å². The van der Waals surface area contributed by atoms with Crippen LogP contribution in [-0.2, 0) is 4.74 Å². The second-order valence-corrected chi connectivity index (χ2v) is 3.07. The number of fused-ring (bicyclic) bond motifs is 1. The average Bonchev–Trinajstić information content (AvgIpc) is 2.30. The fraction of sp³-hybridized carbons (Fsp3) is 0.100. The lowest BCUT2D eigenvalue weighted by Gasteiger charge is -2.01. The molecule has 16 heavy (non-hydrogen) atoms. The van der Waals surface area contributed by atoms with Crippen molar-refractivity contribution in [2.45, 2.75) is 0 Å². The monoisotopic (exact) mass is 222 g/mol. The highest BCUT2D eigenvalue weighted by Gasteiger charge is 2.14. The number of carbonyl (C=O) groups excluding carboxylic acids is 1. The van der Waals surface area contributed by atoms with E-state index in [-0.39, 0.29) is 16.5 Å². The van der Waals surface area contributed by atoms with Crippen LogP contribution in [0.5, 0.6) is 0 Å². The molecule has 0 unspecified atom stereocenters. The Morgan fingerprint density at radius 2 is 2.25 bits per heavy atom. The molecule has 0 atom stereocenters.